The zero-order valence-electron chi connectivity index (χ0n) is 10.3. The average molecular weight is 262 g/mol. The lowest BCUT2D eigenvalue weighted by Gasteiger charge is -2.05. The van der Waals surface area contributed by atoms with Crippen LogP contribution in [-0.2, 0) is 6.42 Å². The van der Waals surface area contributed by atoms with Crippen LogP contribution in [0.2, 0.25) is 0 Å². The summed E-state index contributed by atoms with van der Waals surface area (Å²) in [7, 11) is 1.43. The number of hydrogen-bond acceptors (Lipinski definition) is 2. The minimum atomic E-state index is -0.619. The molecule has 4 heteroatoms. The highest BCUT2D eigenvalue weighted by atomic mass is 19.1. The third-order valence-electron chi connectivity index (χ3n) is 2.75. The lowest BCUT2D eigenvalue weighted by molar-refractivity contribution is 0.0989. The number of carbonyl (C=O) groups excluding carboxylic acids is 1. The van der Waals surface area contributed by atoms with Crippen molar-refractivity contribution in [2.45, 2.75) is 6.42 Å². The monoisotopic (exact) mass is 262 g/mol. The molecule has 0 fully saturated rings. The van der Waals surface area contributed by atoms with Crippen LogP contribution < -0.4 is 4.74 Å². The normalized spacial score (nSPS) is 10.3. The highest BCUT2D eigenvalue weighted by Gasteiger charge is 2.13. The zero-order valence-corrected chi connectivity index (χ0v) is 10.3. The third kappa shape index (κ3) is 3.16. The van der Waals surface area contributed by atoms with E-state index in [4.69, 9.17) is 4.74 Å². The molecular formula is C15H12F2O2. The van der Waals surface area contributed by atoms with E-state index in [1.54, 1.807) is 0 Å². The van der Waals surface area contributed by atoms with E-state index >= 15 is 0 Å². The van der Waals surface area contributed by atoms with Crippen LogP contribution in [0.4, 0.5) is 8.78 Å². The van der Waals surface area contributed by atoms with Gasteiger partial charge in [-0.3, -0.25) is 4.79 Å². The van der Waals surface area contributed by atoms with E-state index in [1.807, 2.05) is 0 Å². The van der Waals surface area contributed by atoms with Crippen molar-refractivity contribution in [2.75, 3.05) is 7.11 Å². The van der Waals surface area contributed by atoms with Gasteiger partial charge >= 0.3 is 0 Å². The molecule has 19 heavy (non-hydrogen) atoms. The van der Waals surface area contributed by atoms with E-state index in [0.717, 1.165) is 6.07 Å². The molecule has 0 aliphatic rings. The van der Waals surface area contributed by atoms with E-state index in [9.17, 15) is 13.6 Å². The van der Waals surface area contributed by atoms with Crippen molar-refractivity contribution in [1.29, 1.82) is 0 Å². The van der Waals surface area contributed by atoms with Crippen molar-refractivity contribution in [1.82, 2.24) is 0 Å². The molecule has 0 saturated carbocycles. The van der Waals surface area contributed by atoms with Crippen LogP contribution in [0, 0.1) is 11.6 Å². The molecule has 0 spiro atoms. The Labute approximate surface area is 109 Å². The number of Topliss-reactive ketones (excluding diaryl/α,β-unsaturated/α-hetero) is 1. The summed E-state index contributed by atoms with van der Waals surface area (Å²) in [6.45, 7) is 0. The summed E-state index contributed by atoms with van der Waals surface area (Å²) in [6, 6.07) is 9.64. The molecule has 2 rings (SSSR count). The molecule has 0 unspecified atom stereocenters. The van der Waals surface area contributed by atoms with Gasteiger partial charge in [-0.05, 0) is 29.8 Å². The fourth-order valence-electron chi connectivity index (χ4n) is 1.73. The molecule has 0 heterocycles. The predicted molar refractivity (Wildman–Crippen MR) is 67.4 cm³/mol. The van der Waals surface area contributed by atoms with Gasteiger partial charge in [-0.15, -0.1) is 0 Å². The Balaban J connectivity index is 2.18. The van der Waals surface area contributed by atoms with Gasteiger partial charge in [0, 0.05) is 12.5 Å². The van der Waals surface area contributed by atoms with Crippen molar-refractivity contribution < 1.29 is 18.3 Å². The van der Waals surface area contributed by atoms with Gasteiger partial charge in [-0.2, -0.15) is 0 Å². The third-order valence-corrected chi connectivity index (χ3v) is 2.75. The predicted octanol–water partition coefficient (Wildman–Crippen LogP) is 3.40. The van der Waals surface area contributed by atoms with Crippen molar-refractivity contribution in [3.05, 3.63) is 65.2 Å². The first kappa shape index (κ1) is 13.2. The van der Waals surface area contributed by atoms with Crippen molar-refractivity contribution in [3.8, 4) is 5.75 Å². The van der Waals surface area contributed by atoms with Crippen LogP contribution in [0.5, 0.6) is 5.75 Å². The second-order valence-corrected chi connectivity index (χ2v) is 4.07. The van der Waals surface area contributed by atoms with E-state index in [2.05, 4.69) is 0 Å². The van der Waals surface area contributed by atoms with Crippen molar-refractivity contribution in [3.63, 3.8) is 0 Å². The molecule has 0 bridgehead atoms. The van der Waals surface area contributed by atoms with Crippen LogP contribution in [0.1, 0.15) is 15.9 Å². The summed E-state index contributed by atoms with van der Waals surface area (Å²) >= 11 is 0. The quantitative estimate of drug-likeness (QED) is 0.789. The lowest BCUT2D eigenvalue weighted by atomic mass is 10.0. The largest absolute Gasteiger partial charge is 0.497 e. The number of ether oxygens (including phenoxy) is 1. The summed E-state index contributed by atoms with van der Waals surface area (Å²) in [5, 5.41) is 0. The second-order valence-electron chi connectivity index (χ2n) is 4.07. The average Bonchev–Trinajstić information content (AvgIpc) is 2.41. The second kappa shape index (κ2) is 5.61. The SMILES string of the molecule is COc1ccc(C(=O)Cc2ccc(F)cc2)c(F)c1. The van der Waals surface area contributed by atoms with Gasteiger partial charge < -0.3 is 4.74 Å². The van der Waals surface area contributed by atoms with Crippen LogP contribution in [0.25, 0.3) is 0 Å². The number of hydrogen-bond donors (Lipinski definition) is 0. The molecule has 0 atom stereocenters. The summed E-state index contributed by atoms with van der Waals surface area (Å²) in [4.78, 5) is 11.9. The molecule has 98 valence electrons. The molecule has 0 aromatic heterocycles. The minimum absolute atomic E-state index is 0.00475. The van der Waals surface area contributed by atoms with E-state index in [-0.39, 0.29) is 23.6 Å². The first-order valence-electron chi connectivity index (χ1n) is 5.71. The van der Waals surface area contributed by atoms with Crippen LogP contribution in [-0.4, -0.2) is 12.9 Å². The fourth-order valence-corrected chi connectivity index (χ4v) is 1.73. The molecule has 0 aliphatic heterocycles. The van der Waals surface area contributed by atoms with Gasteiger partial charge in [0.25, 0.3) is 0 Å². The highest BCUT2D eigenvalue weighted by Crippen LogP contribution is 2.18. The lowest BCUT2D eigenvalue weighted by Crippen LogP contribution is -2.06. The van der Waals surface area contributed by atoms with Crippen LogP contribution >= 0.6 is 0 Å². The summed E-state index contributed by atoms with van der Waals surface area (Å²) in [6.07, 6.45) is 0.0313. The van der Waals surface area contributed by atoms with Gasteiger partial charge in [0.05, 0.1) is 12.7 Å². The number of methoxy groups -OCH3 is 1. The topological polar surface area (TPSA) is 26.3 Å². The number of halogens is 2. The van der Waals surface area contributed by atoms with Gasteiger partial charge in [0.15, 0.2) is 5.78 Å². The summed E-state index contributed by atoms with van der Waals surface area (Å²) in [5.74, 6) is -0.985. The maximum atomic E-state index is 13.7. The van der Waals surface area contributed by atoms with Gasteiger partial charge in [0.2, 0.25) is 0 Å². The number of ketones is 1. The molecule has 0 radical (unpaired) electrons. The molecular weight excluding hydrogens is 250 g/mol. The molecule has 2 aromatic carbocycles. The Morgan fingerprint density at radius 1 is 1.11 bits per heavy atom. The molecule has 2 nitrogen and oxygen atoms in total. The van der Waals surface area contributed by atoms with Gasteiger partial charge in [-0.25, -0.2) is 8.78 Å². The Morgan fingerprint density at radius 2 is 1.79 bits per heavy atom. The maximum Gasteiger partial charge on any atom is 0.170 e. The van der Waals surface area contributed by atoms with Crippen molar-refractivity contribution in [2.24, 2.45) is 0 Å². The van der Waals surface area contributed by atoms with Gasteiger partial charge in [0.1, 0.15) is 17.4 Å². The number of carbonyl (C=O) groups is 1. The van der Waals surface area contributed by atoms with Gasteiger partial charge in [-0.1, -0.05) is 12.1 Å². The standard InChI is InChI=1S/C15H12F2O2/c1-19-12-6-7-13(14(17)9-12)15(18)8-10-2-4-11(16)5-3-10/h2-7,9H,8H2,1H3. The van der Waals surface area contributed by atoms with E-state index in [1.165, 1.54) is 43.5 Å². The zero-order chi connectivity index (χ0) is 13.8. The van der Waals surface area contributed by atoms with Crippen LogP contribution in [0.15, 0.2) is 42.5 Å². The Kier molecular flexibility index (Phi) is 3.90. The number of benzene rings is 2. The van der Waals surface area contributed by atoms with E-state index < -0.39 is 5.82 Å². The Bertz CT molecular complexity index is 592. The maximum absolute atomic E-state index is 13.7. The summed E-state index contributed by atoms with van der Waals surface area (Å²) < 4.78 is 31.3. The fraction of sp³-hybridized carbons (Fsp3) is 0.133. The van der Waals surface area contributed by atoms with Crippen LogP contribution in [0.3, 0.4) is 0 Å². The number of rotatable bonds is 4. The molecule has 0 N–H and O–H groups in total. The Hall–Kier alpha value is -2.23. The highest BCUT2D eigenvalue weighted by molar-refractivity contribution is 5.97. The smallest absolute Gasteiger partial charge is 0.170 e. The molecule has 0 saturated heterocycles. The van der Waals surface area contributed by atoms with E-state index in [0.29, 0.717) is 11.3 Å². The first-order valence-corrected chi connectivity index (χ1v) is 5.71. The Morgan fingerprint density at radius 3 is 2.37 bits per heavy atom. The molecule has 0 aliphatic carbocycles. The van der Waals surface area contributed by atoms with Crippen molar-refractivity contribution >= 4 is 5.78 Å². The molecule has 0 amide bonds. The molecule has 2 aromatic rings. The first-order chi connectivity index (χ1) is 9.10. The minimum Gasteiger partial charge on any atom is -0.497 e. The summed E-state index contributed by atoms with van der Waals surface area (Å²) in [5.41, 5.74) is 0.645.